The summed E-state index contributed by atoms with van der Waals surface area (Å²) in [4.78, 5) is 13.3. The van der Waals surface area contributed by atoms with E-state index >= 15 is 0 Å². The van der Waals surface area contributed by atoms with E-state index < -0.39 is 5.92 Å². The van der Waals surface area contributed by atoms with Gasteiger partial charge in [0.25, 0.3) is 0 Å². The van der Waals surface area contributed by atoms with Gasteiger partial charge in [-0.15, -0.1) is 0 Å². The predicted molar refractivity (Wildman–Crippen MR) is 119 cm³/mol. The number of ketones is 1. The molecule has 0 fully saturated rings. The van der Waals surface area contributed by atoms with E-state index in [-0.39, 0.29) is 5.78 Å². The number of halogens is 1. The Hall–Kier alpha value is -3.16. The van der Waals surface area contributed by atoms with Gasteiger partial charge in [-0.05, 0) is 29.7 Å². The van der Waals surface area contributed by atoms with Gasteiger partial charge in [-0.25, -0.2) is 0 Å². The molecule has 0 amide bonds. The summed E-state index contributed by atoms with van der Waals surface area (Å²) in [6, 6.07) is 28.0. The third-order valence-corrected chi connectivity index (χ3v) is 5.88. The van der Waals surface area contributed by atoms with Crippen molar-refractivity contribution in [3.05, 3.63) is 106 Å². The van der Waals surface area contributed by atoms with Gasteiger partial charge in [-0.2, -0.15) is 5.26 Å². The summed E-state index contributed by atoms with van der Waals surface area (Å²) < 4.78 is 3.00. The Kier molecular flexibility index (Phi) is 5.59. The van der Waals surface area contributed by atoms with Gasteiger partial charge in [0.2, 0.25) is 0 Å². The average Bonchev–Trinajstić information content (AvgIpc) is 3.12. The number of hydrogen-bond donors (Lipinski definition) is 0. The molecular formula is C25H19BrN2O. The van der Waals surface area contributed by atoms with E-state index in [1.54, 1.807) is 0 Å². The van der Waals surface area contributed by atoms with Crippen LogP contribution in [0.25, 0.3) is 10.9 Å². The molecule has 3 aromatic carbocycles. The van der Waals surface area contributed by atoms with E-state index in [2.05, 4.69) is 38.7 Å². The summed E-state index contributed by atoms with van der Waals surface area (Å²) in [5, 5.41) is 10.6. The summed E-state index contributed by atoms with van der Waals surface area (Å²) in [6.45, 7) is 0.677. The number of para-hydroxylation sites is 1. The van der Waals surface area contributed by atoms with Crippen molar-refractivity contribution in [1.29, 1.82) is 5.26 Å². The van der Waals surface area contributed by atoms with Crippen molar-refractivity contribution in [3.63, 3.8) is 0 Å². The van der Waals surface area contributed by atoms with E-state index in [4.69, 9.17) is 0 Å². The fourth-order valence-corrected chi connectivity index (χ4v) is 4.07. The minimum absolute atomic E-state index is 0.133. The lowest BCUT2D eigenvalue weighted by atomic mass is 9.92. The molecular weight excluding hydrogens is 424 g/mol. The molecule has 1 heterocycles. The first-order chi connectivity index (χ1) is 14.2. The average molecular weight is 443 g/mol. The number of nitriles is 1. The van der Waals surface area contributed by atoms with Gasteiger partial charge < -0.3 is 4.57 Å². The van der Waals surface area contributed by atoms with E-state index in [0.717, 1.165) is 26.5 Å². The van der Waals surface area contributed by atoms with Crippen LogP contribution in [-0.4, -0.2) is 10.4 Å². The Morgan fingerprint density at radius 2 is 1.66 bits per heavy atom. The molecule has 4 aromatic rings. The lowest BCUT2D eigenvalue weighted by Gasteiger charge is -2.09. The van der Waals surface area contributed by atoms with Crippen molar-refractivity contribution >= 4 is 32.6 Å². The van der Waals surface area contributed by atoms with Crippen LogP contribution in [0.5, 0.6) is 0 Å². The predicted octanol–water partition coefficient (Wildman–Crippen LogP) is 6.02. The maximum atomic E-state index is 13.3. The molecule has 0 N–H and O–H groups in total. The second kappa shape index (κ2) is 8.46. The largest absolute Gasteiger partial charge is 0.342 e. The molecule has 0 aliphatic carbocycles. The van der Waals surface area contributed by atoms with Crippen molar-refractivity contribution in [3.8, 4) is 6.07 Å². The van der Waals surface area contributed by atoms with Crippen LogP contribution >= 0.6 is 15.9 Å². The minimum atomic E-state index is -0.732. The number of Topliss-reactive ketones (excluding diaryl/α,β-unsaturated/α-hetero) is 1. The third-order valence-electron chi connectivity index (χ3n) is 5.10. The number of aromatic nitrogens is 1. The quantitative estimate of drug-likeness (QED) is 0.342. The minimum Gasteiger partial charge on any atom is -0.342 e. The molecule has 4 heteroatoms. The van der Waals surface area contributed by atoms with Crippen LogP contribution in [0.1, 0.15) is 21.5 Å². The summed E-state index contributed by atoms with van der Waals surface area (Å²) in [7, 11) is 0. The summed E-state index contributed by atoms with van der Waals surface area (Å²) >= 11 is 3.52. The van der Waals surface area contributed by atoms with Crippen molar-refractivity contribution in [2.24, 2.45) is 5.92 Å². The highest BCUT2D eigenvalue weighted by Gasteiger charge is 2.24. The van der Waals surface area contributed by atoms with Crippen molar-refractivity contribution in [2.45, 2.75) is 13.0 Å². The molecule has 0 saturated heterocycles. The van der Waals surface area contributed by atoms with E-state index in [1.165, 1.54) is 0 Å². The number of benzene rings is 3. The van der Waals surface area contributed by atoms with Gasteiger partial charge in [0.05, 0.1) is 6.07 Å². The van der Waals surface area contributed by atoms with Crippen LogP contribution in [-0.2, 0) is 13.0 Å². The van der Waals surface area contributed by atoms with Gasteiger partial charge in [-0.3, -0.25) is 4.79 Å². The molecule has 29 heavy (non-hydrogen) atoms. The van der Waals surface area contributed by atoms with Crippen molar-refractivity contribution in [1.82, 2.24) is 4.57 Å². The first kappa shape index (κ1) is 19.2. The van der Waals surface area contributed by atoms with Crippen LogP contribution in [0.2, 0.25) is 0 Å². The van der Waals surface area contributed by atoms with Crippen LogP contribution in [0.15, 0.2) is 89.5 Å². The summed E-state index contributed by atoms with van der Waals surface area (Å²) in [6.07, 6.45) is 2.28. The zero-order valence-corrected chi connectivity index (χ0v) is 17.3. The van der Waals surface area contributed by atoms with Crippen molar-refractivity contribution in [2.75, 3.05) is 0 Å². The number of nitrogens with zero attached hydrogens (tertiary/aromatic N) is 2. The Morgan fingerprint density at radius 1 is 0.966 bits per heavy atom. The SMILES string of the molecule is N#C[C@H](Cc1ccccc1Br)C(=O)c1cn(Cc2ccccc2)c2ccccc12. The maximum absolute atomic E-state index is 13.3. The van der Waals surface area contributed by atoms with Gasteiger partial charge in [0, 0.05) is 33.7 Å². The van der Waals surface area contributed by atoms with Crippen molar-refractivity contribution < 1.29 is 4.79 Å². The molecule has 0 aliphatic rings. The Balaban J connectivity index is 1.70. The van der Waals surface area contributed by atoms with E-state index in [1.807, 2.05) is 72.9 Å². The molecule has 142 valence electrons. The van der Waals surface area contributed by atoms with Gasteiger partial charge in [0.1, 0.15) is 5.92 Å². The molecule has 3 nitrogen and oxygen atoms in total. The first-order valence-corrected chi connectivity index (χ1v) is 10.3. The molecule has 0 spiro atoms. The van der Waals surface area contributed by atoms with Crippen LogP contribution in [0, 0.1) is 17.2 Å². The lowest BCUT2D eigenvalue weighted by molar-refractivity contribution is 0.0949. The molecule has 0 unspecified atom stereocenters. The monoisotopic (exact) mass is 442 g/mol. The number of fused-ring (bicyclic) bond motifs is 1. The lowest BCUT2D eigenvalue weighted by Crippen LogP contribution is -2.16. The highest BCUT2D eigenvalue weighted by atomic mass is 79.9. The molecule has 0 bridgehead atoms. The first-order valence-electron chi connectivity index (χ1n) is 9.46. The normalized spacial score (nSPS) is 11.9. The molecule has 1 aromatic heterocycles. The Morgan fingerprint density at radius 3 is 2.41 bits per heavy atom. The molecule has 0 aliphatic heterocycles. The number of carbonyl (C=O) groups is 1. The fraction of sp³-hybridized carbons (Fsp3) is 0.120. The highest BCUT2D eigenvalue weighted by molar-refractivity contribution is 9.10. The van der Waals surface area contributed by atoms with Gasteiger partial charge in [-0.1, -0.05) is 82.7 Å². The molecule has 0 radical (unpaired) electrons. The standard InChI is InChI=1S/C25H19BrN2O/c26-23-12-6-4-10-19(23)14-20(15-27)25(29)22-17-28(16-18-8-2-1-3-9-18)24-13-7-5-11-21(22)24/h1-13,17,20H,14,16H2/t20-/m0/s1. The van der Waals surface area contributed by atoms with Crippen LogP contribution < -0.4 is 0 Å². The second-order valence-corrected chi connectivity index (χ2v) is 7.87. The van der Waals surface area contributed by atoms with Crippen LogP contribution in [0.3, 0.4) is 0 Å². The second-order valence-electron chi connectivity index (χ2n) is 7.01. The topological polar surface area (TPSA) is 45.8 Å². The molecule has 4 rings (SSSR count). The number of carbonyl (C=O) groups excluding carboxylic acids is 1. The Labute approximate surface area is 178 Å². The van der Waals surface area contributed by atoms with E-state index in [0.29, 0.717) is 18.5 Å². The zero-order valence-electron chi connectivity index (χ0n) is 15.8. The number of rotatable bonds is 6. The summed E-state index contributed by atoms with van der Waals surface area (Å²) in [5.41, 5.74) is 3.73. The highest BCUT2D eigenvalue weighted by Crippen LogP contribution is 2.27. The summed E-state index contributed by atoms with van der Waals surface area (Å²) in [5.74, 6) is -0.865. The smallest absolute Gasteiger partial charge is 0.182 e. The van der Waals surface area contributed by atoms with Crippen LogP contribution in [0.4, 0.5) is 0 Å². The number of hydrogen-bond acceptors (Lipinski definition) is 2. The van der Waals surface area contributed by atoms with Gasteiger partial charge >= 0.3 is 0 Å². The fourth-order valence-electron chi connectivity index (χ4n) is 3.62. The maximum Gasteiger partial charge on any atom is 0.182 e. The third kappa shape index (κ3) is 4.01. The van der Waals surface area contributed by atoms with Gasteiger partial charge in [0.15, 0.2) is 5.78 Å². The van der Waals surface area contributed by atoms with E-state index in [9.17, 15) is 10.1 Å². The zero-order chi connectivity index (χ0) is 20.2. The Bertz CT molecular complexity index is 1200. The molecule has 0 saturated carbocycles. The molecule has 1 atom stereocenters.